The Morgan fingerprint density at radius 1 is 1.67 bits per heavy atom. The molecular formula is C12H18N4O2. The van der Waals surface area contributed by atoms with Gasteiger partial charge in [-0.15, -0.1) is 0 Å². The van der Waals surface area contributed by atoms with Crippen LogP contribution in [0.2, 0.25) is 0 Å². The lowest BCUT2D eigenvalue weighted by molar-refractivity contribution is 0.0264. The normalized spacial score (nSPS) is 22.2. The molecule has 0 spiro atoms. The molecule has 1 heterocycles. The number of amides is 1. The Balaban J connectivity index is 1.96. The highest BCUT2D eigenvalue weighted by molar-refractivity contribution is 5.92. The van der Waals surface area contributed by atoms with E-state index < -0.39 is 0 Å². The first-order valence-corrected chi connectivity index (χ1v) is 5.96. The Labute approximate surface area is 106 Å². The van der Waals surface area contributed by atoms with E-state index in [-0.39, 0.29) is 12.0 Å². The van der Waals surface area contributed by atoms with Gasteiger partial charge in [-0.2, -0.15) is 0 Å². The third-order valence-electron chi connectivity index (χ3n) is 3.24. The number of pyridine rings is 1. The first-order chi connectivity index (χ1) is 8.60. The van der Waals surface area contributed by atoms with Crippen LogP contribution in [-0.4, -0.2) is 40.6 Å². The molecule has 0 bridgehead atoms. The van der Waals surface area contributed by atoms with E-state index in [1.807, 2.05) is 0 Å². The van der Waals surface area contributed by atoms with Crippen molar-refractivity contribution < 1.29 is 9.90 Å². The van der Waals surface area contributed by atoms with Crippen LogP contribution in [-0.2, 0) is 0 Å². The maximum absolute atomic E-state index is 12.1. The smallest absolute Gasteiger partial charge is 0.272 e. The van der Waals surface area contributed by atoms with Crippen molar-refractivity contribution in [1.82, 2.24) is 9.88 Å². The van der Waals surface area contributed by atoms with Gasteiger partial charge in [0.05, 0.1) is 11.8 Å². The molecule has 6 heteroatoms. The number of anilines is 1. The molecule has 1 aromatic heterocycles. The highest BCUT2D eigenvalue weighted by Crippen LogP contribution is 2.27. The second kappa shape index (κ2) is 5.32. The summed E-state index contributed by atoms with van der Waals surface area (Å²) in [7, 11) is 1.75. The number of aromatic nitrogens is 1. The predicted octanol–water partition coefficient (Wildman–Crippen LogP) is 0.210. The van der Waals surface area contributed by atoms with Crippen molar-refractivity contribution in [1.29, 1.82) is 0 Å². The van der Waals surface area contributed by atoms with Crippen LogP contribution in [0.15, 0.2) is 18.3 Å². The van der Waals surface area contributed by atoms with E-state index in [9.17, 15) is 9.90 Å². The van der Waals surface area contributed by atoms with E-state index in [2.05, 4.69) is 10.4 Å². The molecular weight excluding hydrogens is 232 g/mol. The van der Waals surface area contributed by atoms with Gasteiger partial charge in [0.2, 0.25) is 0 Å². The van der Waals surface area contributed by atoms with Crippen molar-refractivity contribution in [3.05, 3.63) is 24.0 Å². The molecule has 1 aliphatic carbocycles. The molecule has 1 aromatic rings. The van der Waals surface area contributed by atoms with Crippen molar-refractivity contribution in [2.45, 2.75) is 18.9 Å². The van der Waals surface area contributed by atoms with E-state index in [1.54, 1.807) is 30.3 Å². The van der Waals surface area contributed by atoms with Crippen LogP contribution >= 0.6 is 0 Å². The molecule has 0 atom stereocenters. The number of hydrogen-bond acceptors (Lipinski definition) is 5. The van der Waals surface area contributed by atoms with Crippen molar-refractivity contribution in [2.24, 2.45) is 11.8 Å². The molecule has 0 unspecified atom stereocenters. The molecule has 98 valence electrons. The number of carbonyl (C=O) groups excluding carboxylic acids is 1. The van der Waals surface area contributed by atoms with Gasteiger partial charge in [0, 0.05) is 19.8 Å². The Bertz CT molecular complexity index is 432. The maximum atomic E-state index is 12.1. The topological polar surface area (TPSA) is 91.5 Å². The summed E-state index contributed by atoms with van der Waals surface area (Å²) in [6, 6.07) is 3.31. The summed E-state index contributed by atoms with van der Waals surface area (Å²) >= 11 is 0. The van der Waals surface area contributed by atoms with Crippen molar-refractivity contribution in [2.75, 3.05) is 19.0 Å². The summed E-state index contributed by atoms with van der Waals surface area (Å²) in [6.07, 6.45) is 2.90. The van der Waals surface area contributed by atoms with Crippen molar-refractivity contribution in [3.8, 4) is 0 Å². The Morgan fingerprint density at radius 3 is 3.00 bits per heavy atom. The van der Waals surface area contributed by atoms with E-state index in [0.717, 1.165) is 12.8 Å². The third kappa shape index (κ3) is 2.77. The minimum atomic E-state index is -0.193. The average molecular weight is 250 g/mol. The van der Waals surface area contributed by atoms with Gasteiger partial charge in [-0.1, -0.05) is 0 Å². The van der Waals surface area contributed by atoms with Crippen molar-refractivity contribution >= 4 is 11.6 Å². The summed E-state index contributed by atoms with van der Waals surface area (Å²) in [5, 5.41) is 9.22. The number of carbonyl (C=O) groups is 1. The average Bonchev–Trinajstić information content (AvgIpc) is 2.36. The monoisotopic (exact) mass is 250 g/mol. The van der Waals surface area contributed by atoms with E-state index >= 15 is 0 Å². The van der Waals surface area contributed by atoms with Gasteiger partial charge < -0.3 is 15.4 Å². The predicted molar refractivity (Wildman–Crippen MR) is 67.7 cm³/mol. The molecule has 18 heavy (non-hydrogen) atoms. The Morgan fingerprint density at radius 2 is 2.39 bits per heavy atom. The molecule has 6 nitrogen and oxygen atoms in total. The number of aliphatic hydroxyl groups excluding tert-OH is 1. The van der Waals surface area contributed by atoms with E-state index in [1.165, 1.54) is 0 Å². The van der Waals surface area contributed by atoms with Gasteiger partial charge in [-0.3, -0.25) is 15.6 Å². The van der Waals surface area contributed by atoms with Crippen LogP contribution in [0.4, 0.5) is 5.69 Å². The molecule has 1 aliphatic rings. The minimum absolute atomic E-state index is 0.131. The molecule has 1 saturated carbocycles. The lowest BCUT2D eigenvalue weighted by atomic mass is 9.82. The Hall–Kier alpha value is -1.66. The van der Waals surface area contributed by atoms with Gasteiger partial charge in [-0.25, -0.2) is 0 Å². The standard InChI is InChI=1S/C12H18N4O2/c1-16(7-8-4-10(17)5-8)12(18)11-6-9(15-13)2-3-14-11/h2-3,6,8,10,17H,4-5,7,13H2,1H3,(H,14,15). The number of aliphatic hydroxyl groups is 1. The van der Waals surface area contributed by atoms with E-state index in [4.69, 9.17) is 5.84 Å². The maximum Gasteiger partial charge on any atom is 0.272 e. The number of nitrogens with zero attached hydrogens (tertiary/aromatic N) is 2. The van der Waals surface area contributed by atoms with Crippen LogP contribution in [0.1, 0.15) is 23.3 Å². The number of hydrogen-bond donors (Lipinski definition) is 3. The SMILES string of the molecule is CN(CC1CC(O)C1)C(=O)c1cc(NN)ccn1. The summed E-state index contributed by atoms with van der Waals surface area (Å²) in [6.45, 7) is 0.651. The van der Waals surface area contributed by atoms with Gasteiger partial charge in [0.25, 0.3) is 5.91 Å². The van der Waals surface area contributed by atoms with Crippen LogP contribution in [0.5, 0.6) is 0 Å². The first kappa shape index (κ1) is 12.8. The molecule has 0 aromatic carbocycles. The van der Waals surface area contributed by atoms with Gasteiger partial charge in [-0.05, 0) is 30.9 Å². The summed E-state index contributed by atoms with van der Waals surface area (Å²) in [4.78, 5) is 17.8. The highest BCUT2D eigenvalue weighted by Gasteiger charge is 2.29. The number of nitrogen functional groups attached to an aromatic ring is 1. The van der Waals surface area contributed by atoms with Crippen LogP contribution in [0.3, 0.4) is 0 Å². The zero-order chi connectivity index (χ0) is 13.1. The lowest BCUT2D eigenvalue weighted by Crippen LogP contribution is -2.39. The van der Waals surface area contributed by atoms with Gasteiger partial charge in [0.1, 0.15) is 5.69 Å². The Kier molecular flexibility index (Phi) is 3.78. The summed E-state index contributed by atoms with van der Waals surface area (Å²) in [5.74, 6) is 5.55. The fourth-order valence-corrected chi connectivity index (χ4v) is 2.15. The van der Waals surface area contributed by atoms with Crippen LogP contribution < -0.4 is 11.3 Å². The van der Waals surface area contributed by atoms with Crippen LogP contribution in [0, 0.1) is 5.92 Å². The number of hydrazine groups is 1. The lowest BCUT2D eigenvalue weighted by Gasteiger charge is -2.34. The molecule has 0 radical (unpaired) electrons. The summed E-state index contributed by atoms with van der Waals surface area (Å²) in [5.41, 5.74) is 3.51. The molecule has 4 N–H and O–H groups in total. The zero-order valence-electron chi connectivity index (χ0n) is 10.3. The van der Waals surface area contributed by atoms with Crippen molar-refractivity contribution in [3.63, 3.8) is 0 Å². The molecule has 1 fully saturated rings. The fraction of sp³-hybridized carbons (Fsp3) is 0.500. The number of nitrogens with two attached hydrogens (primary N) is 1. The fourth-order valence-electron chi connectivity index (χ4n) is 2.15. The minimum Gasteiger partial charge on any atom is -0.393 e. The number of nitrogens with one attached hydrogen (secondary N) is 1. The third-order valence-corrected chi connectivity index (χ3v) is 3.24. The largest absolute Gasteiger partial charge is 0.393 e. The number of rotatable bonds is 4. The molecule has 0 saturated heterocycles. The molecule has 0 aliphatic heterocycles. The van der Waals surface area contributed by atoms with Gasteiger partial charge >= 0.3 is 0 Å². The van der Waals surface area contributed by atoms with E-state index in [0.29, 0.717) is 23.8 Å². The van der Waals surface area contributed by atoms with Crippen LogP contribution in [0.25, 0.3) is 0 Å². The second-order valence-electron chi connectivity index (χ2n) is 4.75. The highest BCUT2D eigenvalue weighted by atomic mass is 16.3. The molecule has 2 rings (SSSR count). The molecule has 1 amide bonds. The second-order valence-corrected chi connectivity index (χ2v) is 4.75. The first-order valence-electron chi connectivity index (χ1n) is 5.96. The zero-order valence-corrected chi connectivity index (χ0v) is 10.3. The van der Waals surface area contributed by atoms with Gasteiger partial charge in [0.15, 0.2) is 0 Å². The summed E-state index contributed by atoms with van der Waals surface area (Å²) < 4.78 is 0. The quantitative estimate of drug-likeness (QED) is 0.525.